The Hall–Kier alpha value is -4.82. The Morgan fingerprint density at radius 1 is 0.468 bits per heavy atom. The second-order valence-corrected chi connectivity index (χ2v) is 43.2. The molecule has 3 amide bonds. The molecule has 13 fully saturated rings. The Morgan fingerprint density at radius 3 is 1.70 bits per heavy atom. The molecule has 0 aromatic rings. The molecule has 48 nitrogen and oxygen atoms in total. The molecular weight excluding hydrogens is 1880 g/mol. The molecule has 0 spiro atoms. The highest BCUT2D eigenvalue weighted by Crippen LogP contribution is 2.76. The Bertz CT molecular complexity index is 4370. The maximum Gasteiger partial charge on any atom is 0.335 e. The van der Waals surface area contributed by atoms with Gasteiger partial charge in [0.25, 0.3) is 11.8 Å². The third kappa shape index (κ3) is 20.8. The normalized spacial score (nSPS) is 51.2. The summed E-state index contributed by atoms with van der Waals surface area (Å²) in [4.78, 5) is 69.6. The van der Waals surface area contributed by atoms with Crippen molar-refractivity contribution in [3.05, 3.63) is 23.8 Å². The van der Waals surface area contributed by atoms with E-state index in [2.05, 4.69) is 37.4 Å². The van der Waals surface area contributed by atoms with Gasteiger partial charge in [0.15, 0.2) is 56.2 Å². The number of rotatable bonds is 29. The molecule has 48 heteroatoms. The zero-order valence-electron chi connectivity index (χ0n) is 80.2. The van der Waals surface area contributed by atoms with Crippen molar-refractivity contribution in [3.63, 3.8) is 0 Å². The first kappa shape index (κ1) is 110. The molecule has 6 aliphatic carbocycles. The van der Waals surface area contributed by atoms with Gasteiger partial charge in [-0.15, -0.1) is 0 Å². The number of aliphatic carboxylic acids is 1. The molecule has 9 heterocycles. The second-order valence-electron chi connectivity index (χ2n) is 43.2. The molecule has 0 bridgehead atoms. The van der Waals surface area contributed by atoms with Crippen molar-refractivity contribution in [1.82, 2.24) is 10.3 Å². The number of hydrazone groups is 1. The Morgan fingerprint density at radius 2 is 1.03 bits per heavy atom. The van der Waals surface area contributed by atoms with E-state index in [0.29, 0.717) is 44.9 Å². The average Bonchev–Trinajstić information content (AvgIpc) is 0.876. The molecule has 45 unspecified atom stereocenters. The number of imide groups is 1. The number of fused-ring (bicyclic) bond motifs is 7. The number of amides is 3. The van der Waals surface area contributed by atoms with Crippen LogP contribution >= 0.6 is 0 Å². The molecular formula is C93H145N3O45. The molecule has 141 heavy (non-hydrogen) atoms. The number of carboxylic acid groups (broad SMARTS) is 1. The first-order chi connectivity index (χ1) is 66.4. The van der Waals surface area contributed by atoms with Gasteiger partial charge in [-0.1, -0.05) is 66.5 Å². The standard InChI is InChI=1S/C93H145N3O45/c1-35-54(106)45(30-97)131-81(55(35)107)136-72-43(101)33-126-80(68(72)120)134-70-37(3)128-82(65(117)62(70)114)139-76-66(118)71(135-84-69(121)73(56(108)36(2)127-84)130-44-17-16-41(99)57(109)59(44)111)38(4)129-85(76)141-87(124)93-26-25-88(5,6)28-40(93)39-15-18-48-89(7)23-22-50(90(8,47(89)21-24-91(48,9)92(39,10)29-49(93)102)34-94-95-51(103)14-12-11-13-27-96-52(104)19-20-53(96)105)133-86-77(140-83-64(116)61(113)60(112)46(31-98)132-83)74(67(119)75(138-86)78(122)123)137-79-63(115)58(110)42(100)32-125-79/h15,19-20,34-38,40-50,54-77,79-86,97-102,106-121H,11-14,16-18,21-33H2,1-10H3,(H,95,103)(H,122,123)/b94-34+/t35?,36?,37?,38?,40?,41?,42?,43?,44?,45?,46?,47?,48?,49-,50+,54?,55?,56?,57?,58?,59?,60?,61?,62?,63?,64?,65?,66?,67?,68?,69?,70?,71?,72?,73?,74?,75?,76?,77?,79?,80?,81?,82?,83?,84?,85?,86?,89+,90+,91-,92-,93-/m1/s1. The summed E-state index contributed by atoms with van der Waals surface area (Å²) >= 11 is 0. The van der Waals surface area contributed by atoms with Crippen LogP contribution in [0.15, 0.2) is 28.9 Å². The molecule has 15 rings (SSSR count). The van der Waals surface area contributed by atoms with Gasteiger partial charge in [-0.2, -0.15) is 5.10 Å². The zero-order chi connectivity index (χ0) is 103. The van der Waals surface area contributed by atoms with Crippen LogP contribution in [0.1, 0.15) is 166 Å². The third-order valence-electron chi connectivity index (χ3n) is 33.9. The topological polar surface area (TPSA) is 735 Å². The molecule has 52 atom stereocenters. The van der Waals surface area contributed by atoms with E-state index in [1.165, 1.54) is 46.1 Å². The predicted molar refractivity (Wildman–Crippen MR) is 467 cm³/mol. The summed E-state index contributed by atoms with van der Waals surface area (Å²) in [6, 6.07) is 0. The first-order valence-corrected chi connectivity index (χ1v) is 49.1. The third-order valence-corrected chi connectivity index (χ3v) is 33.9. The van der Waals surface area contributed by atoms with Crippen molar-refractivity contribution in [2.45, 2.75) is 430 Å². The lowest BCUT2D eigenvalue weighted by molar-refractivity contribution is -0.391. The van der Waals surface area contributed by atoms with Crippen LogP contribution in [0.25, 0.3) is 0 Å². The monoisotopic (exact) mass is 2020 g/mol. The molecule has 8 saturated heterocycles. The van der Waals surface area contributed by atoms with Gasteiger partial charge in [-0.3, -0.25) is 24.1 Å². The highest BCUT2D eigenvalue weighted by atomic mass is 16.8. The quantitative estimate of drug-likeness (QED) is 0.00629. The summed E-state index contributed by atoms with van der Waals surface area (Å²) in [5, 5.41) is 266. The van der Waals surface area contributed by atoms with Crippen molar-refractivity contribution in [3.8, 4) is 0 Å². The van der Waals surface area contributed by atoms with E-state index in [9.17, 15) is 137 Å². The lowest BCUT2D eigenvalue weighted by Crippen LogP contribution is -2.69. The van der Waals surface area contributed by atoms with Crippen LogP contribution in [0.2, 0.25) is 0 Å². The minimum Gasteiger partial charge on any atom is -0.479 e. The minimum absolute atomic E-state index is 0.00464. The van der Waals surface area contributed by atoms with Crippen LogP contribution in [0, 0.1) is 56.2 Å². The molecule has 9 aliphatic heterocycles. The first-order valence-electron chi connectivity index (χ1n) is 49.1. The van der Waals surface area contributed by atoms with Crippen molar-refractivity contribution >= 4 is 35.9 Å². The Labute approximate surface area is 812 Å². The van der Waals surface area contributed by atoms with Crippen LogP contribution in [-0.4, -0.2) is 455 Å². The number of carbonyl (C=O) groups is 5. The summed E-state index contributed by atoms with van der Waals surface area (Å²) < 4.78 is 105. The highest BCUT2D eigenvalue weighted by molar-refractivity contribution is 6.12. The van der Waals surface area contributed by atoms with Crippen molar-refractivity contribution < 1.29 is 222 Å². The van der Waals surface area contributed by atoms with Gasteiger partial charge in [0.05, 0.1) is 75.3 Å². The fourth-order valence-corrected chi connectivity index (χ4v) is 25.2. The number of aliphatic hydroxyl groups is 22. The van der Waals surface area contributed by atoms with Gasteiger partial charge < -0.3 is 198 Å². The predicted octanol–water partition coefficient (Wildman–Crippen LogP) is -7.20. The van der Waals surface area contributed by atoms with E-state index in [0.717, 1.165) is 10.5 Å². The maximum atomic E-state index is 16.6. The lowest BCUT2D eigenvalue weighted by Gasteiger charge is -2.71. The number of aliphatic hydroxyl groups excluding tert-OH is 22. The molecule has 0 radical (unpaired) electrons. The SMILES string of the molecule is CC1OC(OC2C(C)OC(OC(=O)[C@]34CCC(C)(C)CC3C3=CCC5[C@@]6(C)CC[C@H](OC7OC(C(=O)O)C(O)C(OC8OCC(O)C(O)C8O)C7OC7OC(CO)C(O)C(O)C7O)[C@@](C)(/C=N/NC(=O)CCCCCN7C(=O)C=CC7=O)C6CC[C@@]5(C)[C@]3(C)C[C@H]4O)C(OC3OC(C)C(OC4OCC(O)C(OC5OC(CO)C(O)C(C)C5O)C4O)C(O)C3O)C2O)C(O)C(OC2CCC(O)C(O)C2O)C1O. The van der Waals surface area contributed by atoms with Gasteiger partial charge in [0, 0.05) is 42.7 Å². The van der Waals surface area contributed by atoms with Crippen LogP contribution in [0.3, 0.4) is 0 Å². The molecule has 5 saturated carbocycles. The van der Waals surface area contributed by atoms with Gasteiger partial charge in [-0.05, 0) is 144 Å². The summed E-state index contributed by atoms with van der Waals surface area (Å²) in [6.07, 6.45) is -67.7. The number of nitrogens with one attached hydrogen (secondary N) is 1. The maximum absolute atomic E-state index is 16.6. The molecule has 0 aromatic carbocycles. The Balaban J connectivity index is 0.726. The molecule has 15 aliphatic rings. The van der Waals surface area contributed by atoms with E-state index in [4.69, 9.17) is 80.5 Å². The number of esters is 1. The van der Waals surface area contributed by atoms with Gasteiger partial charge in [0.1, 0.15) is 158 Å². The van der Waals surface area contributed by atoms with E-state index < -0.39 is 370 Å². The summed E-state index contributed by atoms with van der Waals surface area (Å²) in [5.41, 5.74) is -2.95. The lowest BCUT2D eigenvalue weighted by atomic mass is 9.33. The van der Waals surface area contributed by atoms with Crippen LogP contribution in [0.5, 0.6) is 0 Å². The smallest absolute Gasteiger partial charge is 0.335 e. The highest BCUT2D eigenvalue weighted by Gasteiger charge is 2.74. The number of hydrogen-bond donors (Lipinski definition) is 24. The average molecular weight is 2030 g/mol. The van der Waals surface area contributed by atoms with E-state index in [1.807, 2.05) is 20.8 Å². The van der Waals surface area contributed by atoms with Crippen LogP contribution in [0.4, 0.5) is 0 Å². The van der Waals surface area contributed by atoms with Crippen molar-refractivity contribution in [2.75, 3.05) is 33.0 Å². The second kappa shape index (κ2) is 43.6. The van der Waals surface area contributed by atoms with E-state index >= 15 is 4.79 Å². The fourth-order valence-electron chi connectivity index (χ4n) is 25.2. The minimum atomic E-state index is -2.30. The number of nitrogens with zero attached hydrogens (tertiary/aromatic N) is 2. The van der Waals surface area contributed by atoms with Gasteiger partial charge >= 0.3 is 11.9 Å². The van der Waals surface area contributed by atoms with E-state index in [-0.39, 0.29) is 63.8 Å². The Kier molecular flexibility index (Phi) is 34.1. The molecule has 802 valence electrons. The van der Waals surface area contributed by atoms with Crippen molar-refractivity contribution in [1.29, 1.82) is 0 Å². The number of unbranched alkanes of at least 4 members (excludes halogenated alkanes) is 2. The van der Waals surface area contributed by atoms with Gasteiger partial charge in [-0.25, -0.2) is 10.2 Å². The fraction of sp³-hybridized carbons (Fsp3) is 0.892. The zero-order valence-corrected chi connectivity index (χ0v) is 80.2. The summed E-state index contributed by atoms with van der Waals surface area (Å²) in [7, 11) is 0. The van der Waals surface area contributed by atoms with Gasteiger partial charge in [0.2, 0.25) is 12.2 Å². The number of allylic oxidation sites excluding steroid dienone is 2. The molecule has 0 aromatic heterocycles. The van der Waals surface area contributed by atoms with Crippen LogP contribution in [-0.2, 0) is 104 Å². The number of ether oxygens (including phenoxy) is 17. The van der Waals surface area contributed by atoms with Crippen LogP contribution < -0.4 is 5.43 Å². The number of carboxylic acids is 1. The number of carbonyl (C=O) groups excluding carboxylic acids is 4. The van der Waals surface area contributed by atoms with E-state index in [1.54, 1.807) is 0 Å². The molecule has 24 N–H and O–H groups in total. The van der Waals surface area contributed by atoms with Crippen molar-refractivity contribution in [2.24, 2.45) is 61.3 Å². The summed E-state index contributed by atoms with van der Waals surface area (Å²) in [6.45, 7) is 15.1. The number of hydrogen-bond acceptors (Lipinski definition) is 45. The summed E-state index contributed by atoms with van der Waals surface area (Å²) in [5.74, 6) is -6.91. The largest absolute Gasteiger partial charge is 0.479 e.